The molecule has 5 nitrogen and oxygen atoms in total. The fraction of sp³-hybridized carbons (Fsp3) is 0.583. The van der Waals surface area contributed by atoms with Crippen molar-refractivity contribution in [3.8, 4) is 0 Å². The summed E-state index contributed by atoms with van der Waals surface area (Å²) < 4.78 is 0. The largest absolute Gasteiger partial charge is 0.346 e. The van der Waals surface area contributed by atoms with E-state index in [1.165, 1.54) is 0 Å². The molecule has 0 spiro atoms. The first-order valence-electron chi connectivity index (χ1n) is 5.98. The van der Waals surface area contributed by atoms with Gasteiger partial charge in [0.2, 0.25) is 11.2 Å². The van der Waals surface area contributed by atoms with Gasteiger partial charge in [-0.1, -0.05) is 13.8 Å². The van der Waals surface area contributed by atoms with E-state index < -0.39 is 0 Å². The van der Waals surface area contributed by atoms with Crippen LogP contribution in [0, 0.1) is 12.8 Å². The molecule has 1 aromatic heterocycles. The number of hydrogen-bond acceptors (Lipinski definition) is 4. The summed E-state index contributed by atoms with van der Waals surface area (Å²) in [5.74, 6) is 1.12. The number of carbonyl (C=O) groups is 1. The highest BCUT2D eigenvalue weighted by Crippen LogP contribution is 2.33. The summed E-state index contributed by atoms with van der Waals surface area (Å²) in [6.07, 6.45) is 0.780. The zero-order valence-corrected chi connectivity index (χ0v) is 11.7. The first-order valence-corrected chi connectivity index (χ1v) is 6.35. The molecule has 18 heavy (non-hydrogen) atoms. The second kappa shape index (κ2) is 4.72. The third-order valence-corrected chi connectivity index (χ3v) is 3.26. The minimum atomic E-state index is -0.206. The zero-order valence-electron chi connectivity index (χ0n) is 11.0. The van der Waals surface area contributed by atoms with E-state index >= 15 is 0 Å². The molecule has 1 amide bonds. The molecular weight excluding hydrogens is 252 g/mol. The van der Waals surface area contributed by atoms with Gasteiger partial charge in [-0.05, 0) is 30.9 Å². The average molecular weight is 269 g/mol. The van der Waals surface area contributed by atoms with Crippen molar-refractivity contribution in [3.05, 3.63) is 11.0 Å². The van der Waals surface area contributed by atoms with E-state index in [1.54, 1.807) is 0 Å². The van der Waals surface area contributed by atoms with Crippen LogP contribution in [-0.4, -0.2) is 29.0 Å². The van der Waals surface area contributed by atoms with E-state index in [9.17, 15) is 4.79 Å². The number of nitrogens with zero attached hydrogens (tertiary/aromatic N) is 3. The van der Waals surface area contributed by atoms with Crippen molar-refractivity contribution in [2.75, 3.05) is 17.3 Å². The summed E-state index contributed by atoms with van der Waals surface area (Å²) in [6, 6.07) is -0.206. The lowest BCUT2D eigenvalue weighted by molar-refractivity contribution is -0.118. The molecule has 0 fully saturated rings. The Hall–Kier alpha value is -1.36. The van der Waals surface area contributed by atoms with Crippen LogP contribution in [0.15, 0.2) is 0 Å². The van der Waals surface area contributed by atoms with Crippen molar-refractivity contribution in [1.29, 1.82) is 0 Å². The molecule has 1 unspecified atom stereocenters. The highest BCUT2D eigenvalue weighted by molar-refractivity contribution is 6.28. The first-order chi connectivity index (χ1) is 8.40. The van der Waals surface area contributed by atoms with Crippen molar-refractivity contribution in [2.24, 2.45) is 5.92 Å². The number of nitrogens with one attached hydrogen (secondary N) is 1. The van der Waals surface area contributed by atoms with Crippen molar-refractivity contribution in [2.45, 2.75) is 33.2 Å². The van der Waals surface area contributed by atoms with Crippen LogP contribution in [0.2, 0.25) is 5.28 Å². The van der Waals surface area contributed by atoms with Crippen LogP contribution in [0.25, 0.3) is 0 Å². The monoisotopic (exact) mass is 268 g/mol. The number of anilines is 2. The quantitative estimate of drug-likeness (QED) is 0.836. The van der Waals surface area contributed by atoms with Crippen LogP contribution in [0.4, 0.5) is 11.5 Å². The minimum absolute atomic E-state index is 0.00674. The molecular formula is C12H17ClN4O. The zero-order chi connectivity index (χ0) is 13.4. The normalized spacial score (nSPS) is 18.9. The third kappa shape index (κ3) is 2.27. The lowest BCUT2D eigenvalue weighted by Gasteiger charge is -2.35. The summed E-state index contributed by atoms with van der Waals surface area (Å²) in [5.41, 5.74) is 1.35. The van der Waals surface area contributed by atoms with Crippen LogP contribution in [-0.2, 0) is 4.79 Å². The fourth-order valence-corrected chi connectivity index (χ4v) is 2.37. The Morgan fingerprint density at radius 2 is 2.11 bits per heavy atom. The van der Waals surface area contributed by atoms with Gasteiger partial charge in [0.15, 0.2) is 5.82 Å². The summed E-state index contributed by atoms with van der Waals surface area (Å²) >= 11 is 5.88. The number of rotatable bonds is 2. The molecule has 0 saturated carbocycles. The Bertz CT molecular complexity index is 489. The highest BCUT2D eigenvalue weighted by Gasteiger charge is 2.33. The van der Waals surface area contributed by atoms with Gasteiger partial charge in [0.05, 0.1) is 5.69 Å². The van der Waals surface area contributed by atoms with Crippen LogP contribution in [0.3, 0.4) is 0 Å². The smallest absolute Gasteiger partial charge is 0.247 e. The SMILES string of the molecule is Cc1nc(Cl)nc2c1NC(=O)C(CC(C)C)N2C. The van der Waals surface area contributed by atoms with E-state index in [-0.39, 0.29) is 17.2 Å². The number of halogens is 1. The average Bonchev–Trinajstić information content (AvgIpc) is 2.26. The highest BCUT2D eigenvalue weighted by atomic mass is 35.5. The lowest BCUT2D eigenvalue weighted by Crippen LogP contribution is -2.47. The van der Waals surface area contributed by atoms with Gasteiger partial charge in [0, 0.05) is 7.05 Å². The van der Waals surface area contributed by atoms with E-state index in [0.29, 0.717) is 23.1 Å². The molecule has 0 radical (unpaired) electrons. The summed E-state index contributed by atoms with van der Waals surface area (Å²) in [4.78, 5) is 22.3. The van der Waals surface area contributed by atoms with Crippen LogP contribution < -0.4 is 10.2 Å². The molecule has 0 saturated heterocycles. The van der Waals surface area contributed by atoms with Crippen molar-refractivity contribution >= 4 is 29.0 Å². The molecule has 0 aromatic carbocycles. The van der Waals surface area contributed by atoms with E-state index in [2.05, 4.69) is 29.1 Å². The summed E-state index contributed by atoms with van der Waals surface area (Å²) in [6.45, 7) is 5.99. The Morgan fingerprint density at radius 3 is 2.72 bits per heavy atom. The molecule has 1 atom stereocenters. The Balaban J connectivity index is 2.42. The Labute approximate surface area is 112 Å². The first kappa shape index (κ1) is 13.1. The second-order valence-corrected chi connectivity index (χ2v) is 5.36. The molecule has 2 rings (SSSR count). The Kier molecular flexibility index (Phi) is 3.43. The molecule has 1 aromatic rings. The number of aromatic nitrogens is 2. The molecule has 98 valence electrons. The third-order valence-electron chi connectivity index (χ3n) is 3.09. The van der Waals surface area contributed by atoms with Crippen LogP contribution >= 0.6 is 11.6 Å². The molecule has 0 bridgehead atoms. The molecule has 1 aliphatic heterocycles. The van der Waals surface area contributed by atoms with Crippen molar-refractivity contribution in [1.82, 2.24) is 9.97 Å². The number of likely N-dealkylation sites (N-methyl/N-ethyl adjacent to an activating group) is 1. The topological polar surface area (TPSA) is 58.1 Å². The van der Waals surface area contributed by atoms with Crippen LogP contribution in [0.1, 0.15) is 26.0 Å². The van der Waals surface area contributed by atoms with Crippen LogP contribution in [0.5, 0.6) is 0 Å². The number of amides is 1. The second-order valence-electron chi connectivity index (χ2n) is 5.02. The number of aryl methyl sites for hydroxylation is 1. The maximum absolute atomic E-state index is 12.1. The lowest BCUT2D eigenvalue weighted by atomic mass is 10.00. The van der Waals surface area contributed by atoms with Gasteiger partial charge in [0.25, 0.3) is 0 Å². The van der Waals surface area contributed by atoms with Gasteiger partial charge >= 0.3 is 0 Å². The predicted molar refractivity (Wildman–Crippen MR) is 72.1 cm³/mol. The molecule has 0 aliphatic carbocycles. The van der Waals surface area contributed by atoms with Gasteiger partial charge in [0.1, 0.15) is 11.7 Å². The summed E-state index contributed by atoms with van der Waals surface area (Å²) in [5, 5.41) is 3.08. The molecule has 1 aliphatic rings. The summed E-state index contributed by atoms with van der Waals surface area (Å²) in [7, 11) is 1.87. The van der Waals surface area contributed by atoms with Crippen molar-refractivity contribution < 1.29 is 4.79 Å². The van der Waals surface area contributed by atoms with E-state index in [4.69, 9.17) is 11.6 Å². The molecule has 2 heterocycles. The van der Waals surface area contributed by atoms with Gasteiger partial charge < -0.3 is 10.2 Å². The van der Waals surface area contributed by atoms with Gasteiger partial charge in [-0.3, -0.25) is 4.79 Å². The minimum Gasteiger partial charge on any atom is -0.346 e. The standard InChI is InChI=1S/C12H17ClN4O/c1-6(2)5-8-11(18)15-9-7(3)14-12(13)16-10(9)17(8)4/h6,8H,5H2,1-4H3,(H,15,18). The molecule has 6 heteroatoms. The maximum Gasteiger partial charge on any atom is 0.247 e. The maximum atomic E-state index is 12.1. The van der Waals surface area contributed by atoms with Gasteiger partial charge in [-0.2, -0.15) is 4.98 Å². The fourth-order valence-electron chi connectivity index (χ4n) is 2.17. The number of hydrogen-bond donors (Lipinski definition) is 1. The number of carbonyl (C=O) groups excluding carboxylic acids is 1. The van der Waals surface area contributed by atoms with Crippen molar-refractivity contribution in [3.63, 3.8) is 0 Å². The van der Waals surface area contributed by atoms with Gasteiger partial charge in [-0.25, -0.2) is 4.98 Å². The van der Waals surface area contributed by atoms with E-state index in [0.717, 1.165) is 6.42 Å². The van der Waals surface area contributed by atoms with E-state index in [1.807, 2.05) is 18.9 Å². The number of fused-ring (bicyclic) bond motifs is 1. The van der Waals surface area contributed by atoms with Gasteiger partial charge in [-0.15, -0.1) is 0 Å². The Morgan fingerprint density at radius 1 is 1.44 bits per heavy atom. The predicted octanol–water partition coefficient (Wildman–Crippen LogP) is 2.24. The molecule has 1 N–H and O–H groups in total.